The second-order valence-corrected chi connectivity index (χ2v) is 15.3. The van der Waals surface area contributed by atoms with E-state index in [1.54, 1.807) is 24.4 Å². The van der Waals surface area contributed by atoms with Gasteiger partial charge in [0, 0.05) is 33.8 Å². The number of pyridine rings is 2. The molecule has 2 saturated carbocycles. The molecule has 0 spiro atoms. The molecule has 9 nitrogen and oxygen atoms in total. The van der Waals surface area contributed by atoms with Gasteiger partial charge in [0.05, 0.1) is 32.3 Å². The van der Waals surface area contributed by atoms with E-state index in [1.807, 2.05) is 35.6 Å². The summed E-state index contributed by atoms with van der Waals surface area (Å²) in [6, 6.07) is 10.5. The maximum Gasteiger partial charge on any atom is 0.244 e. The van der Waals surface area contributed by atoms with Crippen LogP contribution in [-0.4, -0.2) is 58.5 Å². The number of carbonyl (C=O) groups is 2. The Morgan fingerprint density at radius 1 is 1.19 bits per heavy atom. The van der Waals surface area contributed by atoms with Crippen molar-refractivity contribution in [1.82, 2.24) is 20.2 Å². The summed E-state index contributed by atoms with van der Waals surface area (Å²) in [5.41, 5.74) is -0.0496. The predicted octanol–water partition coefficient (Wildman–Crippen LogP) is 4.50. The van der Waals surface area contributed by atoms with Crippen molar-refractivity contribution in [3.8, 4) is 17.2 Å². The van der Waals surface area contributed by atoms with Gasteiger partial charge in [-0.1, -0.05) is 23.7 Å². The first-order chi connectivity index (χ1) is 20.4. The highest BCUT2D eigenvalue weighted by Gasteiger charge is 2.60. The molecule has 2 amide bonds. The topological polar surface area (TPSA) is 133 Å². The molecule has 13 heteroatoms. The van der Waals surface area contributed by atoms with Crippen LogP contribution in [0.5, 0.6) is 0 Å². The van der Waals surface area contributed by atoms with Crippen molar-refractivity contribution in [2.75, 3.05) is 6.54 Å². The lowest BCUT2D eigenvalue weighted by Crippen LogP contribution is -2.52. The Labute approximate surface area is 266 Å². The quantitative estimate of drug-likeness (QED) is 0.354. The van der Waals surface area contributed by atoms with Crippen molar-refractivity contribution in [3.05, 3.63) is 74.6 Å². The molecule has 2 aromatic heterocycles. The van der Waals surface area contributed by atoms with Crippen LogP contribution in [-0.2, 0) is 24.8 Å². The number of carbonyl (C=O) groups excluding carboxylic acids is 2. The minimum Gasteiger partial charge on any atom is -0.336 e. The van der Waals surface area contributed by atoms with Crippen LogP contribution in [0.2, 0.25) is 5.02 Å². The van der Waals surface area contributed by atoms with Crippen molar-refractivity contribution >= 4 is 55.8 Å². The Morgan fingerprint density at radius 3 is 2.53 bits per heavy atom. The lowest BCUT2D eigenvalue weighted by Gasteiger charge is -2.28. The van der Waals surface area contributed by atoms with Crippen LogP contribution in [0.15, 0.2) is 53.7 Å². The van der Waals surface area contributed by atoms with Gasteiger partial charge in [-0.25, -0.2) is 12.8 Å². The first-order valence-corrected chi connectivity index (χ1v) is 16.7. The second-order valence-electron chi connectivity index (χ2n) is 11.4. The van der Waals surface area contributed by atoms with Crippen molar-refractivity contribution in [3.63, 3.8) is 0 Å². The summed E-state index contributed by atoms with van der Waals surface area (Å²) in [6.07, 6.45) is 4.52. The van der Waals surface area contributed by atoms with E-state index in [2.05, 4.69) is 21.4 Å². The van der Waals surface area contributed by atoms with E-state index in [1.165, 1.54) is 23.2 Å². The molecule has 3 fully saturated rings. The number of hydrogen-bond donors (Lipinski definition) is 1. The Bertz CT molecular complexity index is 1820. The Balaban J connectivity index is 1.33. The molecule has 1 N–H and O–H groups in total. The number of amides is 2. The summed E-state index contributed by atoms with van der Waals surface area (Å²) >= 11 is 8.48. The zero-order chi connectivity index (χ0) is 30.7. The largest absolute Gasteiger partial charge is 0.336 e. The molecule has 3 aliphatic rings. The van der Waals surface area contributed by atoms with Crippen LogP contribution in [0, 0.1) is 27.6 Å². The maximum atomic E-state index is 15.0. The van der Waals surface area contributed by atoms with Gasteiger partial charge in [-0.05, 0) is 91.4 Å². The summed E-state index contributed by atoms with van der Waals surface area (Å²) in [6.45, 7) is 1.55. The average Bonchev–Trinajstić information content (AvgIpc) is 3.89. The number of hydrogen-bond acceptors (Lipinski definition) is 7. The van der Waals surface area contributed by atoms with Crippen molar-refractivity contribution < 1.29 is 22.4 Å². The molecule has 43 heavy (non-hydrogen) atoms. The highest BCUT2D eigenvalue weighted by Crippen LogP contribution is 2.51. The fraction of sp³-hybridized carbons (Fsp3) is 0.367. The summed E-state index contributed by atoms with van der Waals surface area (Å²) in [5, 5.41) is 11.1. The lowest BCUT2D eigenvalue weighted by atomic mass is 9.98. The van der Waals surface area contributed by atoms with E-state index in [-0.39, 0.29) is 28.6 Å². The fourth-order valence-electron chi connectivity index (χ4n) is 5.79. The van der Waals surface area contributed by atoms with Gasteiger partial charge in [0.1, 0.15) is 17.4 Å². The predicted molar refractivity (Wildman–Crippen MR) is 164 cm³/mol. The molecule has 2 atom stereocenters. The molecule has 1 aliphatic heterocycles. The number of aryl methyl sites for hydroxylation is 1. The van der Waals surface area contributed by atoms with E-state index < -0.39 is 49.7 Å². The standard InChI is InChI=1S/C30H26ClFIN5O4S/c1-17-21(3-2-10-35-17)18-4-5-25(22(31)11-18)43(41,42)20-13-24(27(39)37-29(16-34)6-7-29)38(15-20)28(40)30(8-9-30)26-23(32)12-19(33)14-36-26/h2-5,10-12,14,20,24H,6-9,13,15H2,1H3,(H,37,39)/t20-,24+/m1/s1. The number of sulfone groups is 1. The van der Waals surface area contributed by atoms with Gasteiger partial charge in [0.25, 0.3) is 0 Å². The fourth-order valence-corrected chi connectivity index (χ4v) is 8.45. The minimum absolute atomic E-state index is 0.0107. The van der Waals surface area contributed by atoms with Crippen LogP contribution >= 0.6 is 34.2 Å². The zero-order valence-electron chi connectivity index (χ0n) is 23.0. The molecule has 2 aliphatic carbocycles. The van der Waals surface area contributed by atoms with Gasteiger partial charge in [0.15, 0.2) is 9.84 Å². The number of nitrogens with one attached hydrogen (secondary N) is 1. The molecule has 0 radical (unpaired) electrons. The van der Waals surface area contributed by atoms with Gasteiger partial charge in [-0.3, -0.25) is 19.6 Å². The number of benzene rings is 1. The summed E-state index contributed by atoms with van der Waals surface area (Å²) < 4.78 is 43.6. The third kappa shape index (κ3) is 5.29. The summed E-state index contributed by atoms with van der Waals surface area (Å²) in [4.78, 5) is 37.2. The summed E-state index contributed by atoms with van der Waals surface area (Å²) in [5.74, 6) is -1.78. The van der Waals surface area contributed by atoms with Gasteiger partial charge < -0.3 is 10.2 Å². The number of halogens is 3. The smallest absolute Gasteiger partial charge is 0.244 e. The Kier molecular flexibility index (Phi) is 7.50. The molecule has 0 unspecified atom stereocenters. The Morgan fingerprint density at radius 2 is 1.93 bits per heavy atom. The van der Waals surface area contributed by atoms with Crippen LogP contribution in [0.4, 0.5) is 4.39 Å². The van der Waals surface area contributed by atoms with E-state index in [0.29, 0.717) is 34.8 Å². The number of nitrogens with zero attached hydrogens (tertiary/aromatic N) is 4. The SMILES string of the molecule is Cc1ncccc1-c1ccc(S(=O)(=O)[C@@H]2C[C@@H](C(=O)NC3(C#N)CC3)N(C(=O)C3(c4ncc(I)cc4F)CC3)C2)c(Cl)c1. The van der Waals surface area contributed by atoms with Crippen molar-refractivity contribution in [2.24, 2.45) is 0 Å². The molecular weight excluding hydrogens is 708 g/mol. The van der Waals surface area contributed by atoms with Crippen molar-refractivity contribution in [1.29, 1.82) is 5.26 Å². The van der Waals surface area contributed by atoms with Gasteiger partial charge in [0.2, 0.25) is 11.8 Å². The van der Waals surface area contributed by atoms with Crippen LogP contribution < -0.4 is 5.32 Å². The highest BCUT2D eigenvalue weighted by atomic mass is 127. The van der Waals surface area contributed by atoms with E-state index >= 15 is 4.39 Å². The molecular formula is C30H26ClFIN5O4S. The highest BCUT2D eigenvalue weighted by molar-refractivity contribution is 14.1. The number of aromatic nitrogens is 2. The third-order valence-electron chi connectivity index (χ3n) is 8.57. The normalized spacial score (nSPS) is 21.6. The van der Waals surface area contributed by atoms with Crippen LogP contribution in [0.25, 0.3) is 11.1 Å². The summed E-state index contributed by atoms with van der Waals surface area (Å²) in [7, 11) is -4.13. The number of rotatable bonds is 7. The molecule has 6 rings (SSSR count). The second kappa shape index (κ2) is 10.8. The molecule has 1 saturated heterocycles. The molecule has 222 valence electrons. The third-order valence-corrected chi connectivity index (χ3v) is 11.8. The van der Waals surface area contributed by atoms with Gasteiger partial charge in [-0.15, -0.1) is 0 Å². The first-order valence-electron chi connectivity index (χ1n) is 13.7. The van der Waals surface area contributed by atoms with Gasteiger partial charge >= 0.3 is 0 Å². The average molecular weight is 734 g/mol. The lowest BCUT2D eigenvalue weighted by molar-refractivity contribution is -0.140. The zero-order valence-corrected chi connectivity index (χ0v) is 26.7. The van der Waals surface area contributed by atoms with Crippen molar-refractivity contribution in [2.45, 2.75) is 66.2 Å². The van der Waals surface area contributed by atoms with E-state index in [4.69, 9.17) is 11.6 Å². The molecule has 3 heterocycles. The number of nitriles is 1. The van der Waals surface area contributed by atoms with E-state index in [9.17, 15) is 23.3 Å². The monoisotopic (exact) mass is 733 g/mol. The maximum absolute atomic E-state index is 15.0. The van der Waals surface area contributed by atoms with Crippen LogP contribution in [0.1, 0.15) is 43.5 Å². The van der Waals surface area contributed by atoms with Crippen LogP contribution in [0.3, 0.4) is 0 Å². The molecule has 1 aromatic carbocycles. The molecule has 3 aromatic rings. The van der Waals surface area contributed by atoms with E-state index in [0.717, 1.165) is 11.3 Å². The number of likely N-dealkylation sites (tertiary alicyclic amines) is 1. The van der Waals surface area contributed by atoms with Gasteiger partial charge in [-0.2, -0.15) is 5.26 Å². The minimum atomic E-state index is -4.13. The first kappa shape index (κ1) is 29.9. The molecule has 0 bridgehead atoms. The Hall–Kier alpha value is -3.15.